The van der Waals surface area contributed by atoms with Gasteiger partial charge in [-0.05, 0) is 36.2 Å². The summed E-state index contributed by atoms with van der Waals surface area (Å²) in [5.41, 5.74) is 1.97. The fourth-order valence-electron chi connectivity index (χ4n) is 3.67. The van der Waals surface area contributed by atoms with Crippen LogP contribution in [0.1, 0.15) is 5.56 Å². The van der Waals surface area contributed by atoms with E-state index >= 15 is 0 Å². The molecule has 0 aromatic heterocycles. The van der Waals surface area contributed by atoms with Crippen LogP contribution >= 0.6 is 11.8 Å². The highest BCUT2D eigenvalue weighted by molar-refractivity contribution is 8.00. The standard InChI is InChI=1S/C25H25N3O3S/c29-22(28(19-12-6-2-7-13-19)20-14-8-3-9-15-20)17-32-25-26-23(30)21(24(31)27-25)16-18-10-4-1-5-11-18/h1-15,21,23,25-26,30H,16-17H2,(H,27,31). The van der Waals surface area contributed by atoms with E-state index in [-0.39, 0.29) is 17.6 Å². The summed E-state index contributed by atoms with van der Waals surface area (Å²) in [7, 11) is 0. The second-order valence-electron chi connectivity index (χ2n) is 7.51. The smallest absolute Gasteiger partial charge is 0.241 e. The molecule has 1 heterocycles. The minimum Gasteiger partial charge on any atom is -0.378 e. The molecular formula is C25H25N3O3S. The lowest BCUT2D eigenvalue weighted by atomic mass is 9.96. The number of anilines is 2. The van der Waals surface area contributed by atoms with E-state index < -0.39 is 17.6 Å². The van der Waals surface area contributed by atoms with Crippen LogP contribution in [0.15, 0.2) is 91.0 Å². The van der Waals surface area contributed by atoms with Gasteiger partial charge in [-0.2, -0.15) is 0 Å². The molecule has 3 N–H and O–H groups in total. The predicted octanol–water partition coefficient (Wildman–Crippen LogP) is 3.26. The Labute approximate surface area is 191 Å². The average molecular weight is 448 g/mol. The van der Waals surface area contributed by atoms with Gasteiger partial charge in [0.25, 0.3) is 0 Å². The van der Waals surface area contributed by atoms with Gasteiger partial charge >= 0.3 is 0 Å². The van der Waals surface area contributed by atoms with Crippen LogP contribution < -0.4 is 15.5 Å². The zero-order valence-electron chi connectivity index (χ0n) is 17.4. The van der Waals surface area contributed by atoms with Crippen LogP contribution in [0.5, 0.6) is 0 Å². The first-order chi connectivity index (χ1) is 15.6. The maximum Gasteiger partial charge on any atom is 0.241 e. The van der Waals surface area contributed by atoms with Crippen molar-refractivity contribution >= 4 is 35.0 Å². The summed E-state index contributed by atoms with van der Waals surface area (Å²) < 4.78 is 0. The van der Waals surface area contributed by atoms with Gasteiger partial charge in [-0.1, -0.05) is 66.7 Å². The molecule has 3 atom stereocenters. The zero-order valence-corrected chi connectivity index (χ0v) is 18.2. The third-order valence-corrected chi connectivity index (χ3v) is 6.26. The highest BCUT2D eigenvalue weighted by Gasteiger charge is 2.35. The molecule has 0 spiro atoms. The van der Waals surface area contributed by atoms with Crippen molar-refractivity contribution in [1.29, 1.82) is 0 Å². The molecule has 1 fully saturated rings. The van der Waals surface area contributed by atoms with Crippen LogP contribution in [0, 0.1) is 5.92 Å². The van der Waals surface area contributed by atoms with Crippen LogP contribution in [0.2, 0.25) is 0 Å². The van der Waals surface area contributed by atoms with Crippen molar-refractivity contribution in [1.82, 2.24) is 10.6 Å². The maximum absolute atomic E-state index is 13.2. The van der Waals surface area contributed by atoms with Crippen molar-refractivity contribution in [2.75, 3.05) is 10.7 Å². The molecule has 7 heteroatoms. The summed E-state index contributed by atoms with van der Waals surface area (Å²) in [4.78, 5) is 27.4. The Morgan fingerprint density at radius 2 is 1.41 bits per heavy atom. The van der Waals surface area contributed by atoms with Crippen LogP contribution in [0.3, 0.4) is 0 Å². The van der Waals surface area contributed by atoms with Crippen molar-refractivity contribution in [3.05, 3.63) is 96.6 Å². The van der Waals surface area contributed by atoms with Gasteiger partial charge in [0.05, 0.1) is 11.7 Å². The fraction of sp³-hybridized carbons (Fsp3) is 0.200. The number of aliphatic hydroxyl groups excluding tert-OH is 1. The number of carbonyl (C=O) groups excluding carboxylic acids is 2. The molecule has 3 aromatic carbocycles. The van der Waals surface area contributed by atoms with Crippen molar-refractivity contribution in [3.8, 4) is 0 Å². The van der Waals surface area contributed by atoms with E-state index in [1.807, 2.05) is 91.0 Å². The molecule has 32 heavy (non-hydrogen) atoms. The molecule has 3 unspecified atom stereocenters. The molecule has 1 aliphatic heterocycles. The molecule has 1 saturated heterocycles. The molecule has 164 valence electrons. The van der Waals surface area contributed by atoms with E-state index in [0.717, 1.165) is 16.9 Å². The lowest BCUT2D eigenvalue weighted by Crippen LogP contribution is -2.60. The number of para-hydroxylation sites is 2. The lowest BCUT2D eigenvalue weighted by molar-refractivity contribution is -0.133. The van der Waals surface area contributed by atoms with Crippen LogP contribution in [-0.4, -0.2) is 34.4 Å². The van der Waals surface area contributed by atoms with Crippen LogP contribution in [0.4, 0.5) is 11.4 Å². The predicted molar refractivity (Wildman–Crippen MR) is 127 cm³/mol. The summed E-state index contributed by atoms with van der Waals surface area (Å²) in [5, 5.41) is 16.4. The summed E-state index contributed by atoms with van der Waals surface area (Å²) in [6.07, 6.45) is -0.552. The Morgan fingerprint density at radius 3 is 1.94 bits per heavy atom. The zero-order chi connectivity index (χ0) is 22.3. The largest absolute Gasteiger partial charge is 0.378 e. The van der Waals surface area contributed by atoms with Gasteiger partial charge in [-0.25, -0.2) is 0 Å². The molecule has 0 aliphatic carbocycles. The Balaban J connectivity index is 1.39. The van der Waals surface area contributed by atoms with Crippen LogP contribution in [-0.2, 0) is 16.0 Å². The van der Waals surface area contributed by atoms with Gasteiger partial charge in [0, 0.05) is 11.4 Å². The number of nitrogens with zero attached hydrogens (tertiary/aromatic N) is 1. The van der Waals surface area contributed by atoms with Crippen molar-refractivity contribution in [2.24, 2.45) is 5.92 Å². The van der Waals surface area contributed by atoms with E-state index in [0.29, 0.717) is 6.42 Å². The second-order valence-corrected chi connectivity index (χ2v) is 8.60. The van der Waals surface area contributed by atoms with Crippen molar-refractivity contribution < 1.29 is 14.7 Å². The third kappa shape index (κ3) is 5.37. The minimum absolute atomic E-state index is 0.121. The van der Waals surface area contributed by atoms with E-state index in [4.69, 9.17) is 0 Å². The van der Waals surface area contributed by atoms with Crippen molar-refractivity contribution in [3.63, 3.8) is 0 Å². The highest BCUT2D eigenvalue weighted by Crippen LogP contribution is 2.27. The Kier molecular flexibility index (Phi) is 7.21. The number of benzene rings is 3. The molecular weight excluding hydrogens is 422 g/mol. The number of amides is 2. The van der Waals surface area contributed by atoms with Crippen molar-refractivity contribution in [2.45, 2.75) is 18.1 Å². The quantitative estimate of drug-likeness (QED) is 0.518. The average Bonchev–Trinajstić information content (AvgIpc) is 2.82. The highest BCUT2D eigenvalue weighted by atomic mass is 32.2. The summed E-state index contributed by atoms with van der Waals surface area (Å²) in [5.74, 6) is -0.815. The van der Waals surface area contributed by atoms with Gasteiger partial charge in [-0.3, -0.25) is 19.8 Å². The molecule has 2 amide bonds. The molecule has 4 rings (SSSR count). The van der Waals surface area contributed by atoms with E-state index in [1.165, 1.54) is 11.8 Å². The van der Waals surface area contributed by atoms with E-state index in [9.17, 15) is 14.7 Å². The lowest BCUT2D eigenvalue weighted by Gasteiger charge is -2.34. The van der Waals surface area contributed by atoms with E-state index in [2.05, 4.69) is 10.6 Å². The minimum atomic E-state index is -0.990. The number of rotatable bonds is 7. The maximum atomic E-state index is 13.2. The molecule has 0 radical (unpaired) electrons. The number of nitrogens with one attached hydrogen (secondary N) is 2. The number of hydrogen-bond acceptors (Lipinski definition) is 5. The number of hydrogen-bond donors (Lipinski definition) is 3. The second kappa shape index (κ2) is 10.5. The van der Waals surface area contributed by atoms with Gasteiger partial charge in [0.1, 0.15) is 11.7 Å². The number of thioether (sulfide) groups is 1. The Hall–Kier alpha value is -3.13. The first kappa shape index (κ1) is 22.1. The summed E-state index contributed by atoms with van der Waals surface area (Å²) in [6.45, 7) is 0. The van der Waals surface area contributed by atoms with Gasteiger partial charge in [-0.15, -0.1) is 11.8 Å². The molecule has 1 aliphatic rings. The van der Waals surface area contributed by atoms with E-state index in [1.54, 1.807) is 4.90 Å². The molecule has 0 bridgehead atoms. The van der Waals surface area contributed by atoms with Gasteiger partial charge in [0.15, 0.2) is 0 Å². The first-order valence-electron chi connectivity index (χ1n) is 10.4. The van der Waals surface area contributed by atoms with Gasteiger partial charge in [0.2, 0.25) is 11.8 Å². The SMILES string of the molecule is O=C1NC(SCC(=O)N(c2ccccc2)c2ccccc2)NC(O)C1Cc1ccccc1. The number of aliphatic hydroxyl groups is 1. The molecule has 0 saturated carbocycles. The molecule has 6 nitrogen and oxygen atoms in total. The Morgan fingerprint density at radius 1 is 0.875 bits per heavy atom. The fourth-order valence-corrected chi connectivity index (χ4v) is 4.54. The third-order valence-electron chi connectivity index (χ3n) is 5.26. The Bertz CT molecular complexity index is 995. The van der Waals surface area contributed by atoms with Crippen LogP contribution in [0.25, 0.3) is 0 Å². The first-order valence-corrected chi connectivity index (χ1v) is 11.5. The topological polar surface area (TPSA) is 81.7 Å². The molecule has 3 aromatic rings. The number of carbonyl (C=O) groups is 2. The van der Waals surface area contributed by atoms with Gasteiger partial charge < -0.3 is 10.4 Å². The monoisotopic (exact) mass is 447 g/mol. The summed E-state index contributed by atoms with van der Waals surface area (Å²) >= 11 is 1.24. The normalized spacial score (nSPS) is 20.4. The summed E-state index contributed by atoms with van der Waals surface area (Å²) in [6, 6.07) is 28.5.